The van der Waals surface area contributed by atoms with E-state index in [0.29, 0.717) is 22.3 Å². The number of rotatable bonds is 2. The Labute approximate surface area is 143 Å². The molecular formula is C16H11BrN4O3. The van der Waals surface area contributed by atoms with Gasteiger partial charge in [0.2, 0.25) is 5.78 Å². The standard InChI is InChI=1S/C16H11BrN4O3/c1-24-11-5-3-10(4-6-11)20-14(22)12-8-9(17)2-7-13(12)21-15(20)18-19-16(21)23/h2-8H,1H3,(H,19,23). The fourth-order valence-corrected chi connectivity index (χ4v) is 3.07. The van der Waals surface area contributed by atoms with Crippen LogP contribution in [0.3, 0.4) is 0 Å². The topological polar surface area (TPSA) is 81.4 Å². The monoisotopic (exact) mass is 386 g/mol. The molecular weight excluding hydrogens is 376 g/mol. The fourth-order valence-electron chi connectivity index (χ4n) is 2.71. The molecule has 8 heteroatoms. The summed E-state index contributed by atoms with van der Waals surface area (Å²) in [5.74, 6) is 0.899. The highest BCUT2D eigenvalue weighted by atomic mass is 79.9. The lowest BCUT2D eigenvalue weighted by Crippen LogP contribution is -2.24. The molecule has 0 spiro atoms. The first-order valence-electron chi connectivity index (χ1n) is 7.06. The summed E-state index contributed by atoms with van der Waals surface area (Å²) in [5.41, 5.74) is 0.427. The summed E-state index contributed by atoms with van der Waals surface area (Å²) < 4.78 is 8.67. The van der Waals surface area contributed by atoms with Crippen molar-refractivity contribution in [1.82, 2.24) is 19.2 Å². The van der Waals surface area contributed by atoms with Gasteiger partial charge in [0.05, 0.1) is 23.7 Å². The van der Waals surface area contributed by atoms with Gasteiger partial charge in [-0.2, -0.15) is 0 Å². The summed E-state index contributed by atoms with van der Waals surface area (Å²) in [4.78, 5) is 25.2. The van der Waals surface area contributed by atoms with Crippen LogP contribution in [0.1, 0.15) is 0 Å². The van der Waals surface area contributed by atoms with Crippen LogP contribution in [-0.4, -0.2) is 26.3 Å². The number of halogens is 1. The van der Waals surface area contributed by atoms with Gasteiger partial charge in [-0.15, -0.1) is 5.10 Å². The molecule has 0 saturated carbocycles. The first kappa shape index (κ1) is 14.7. The Kier molecular flexibility index (Phi) is 3.27. The van der Waals surface area contributed by atoms with Crippen LogP contribution in [0.2, 0.25) is 0 Å². The lowest BCUT2D eigenvalue weighted by atomic mass is 10.2. The van der Waals surface area contributed by atoms with Crippen LogP contribution < -0.4 is 16.0 Å². The molecule has 0 atom stereocenters. The molecule has 0 aliphatic heterocycles. The second-order valence-electron chi connectivity index (χ2n) is 5.16. The second-order valence-corrected chi connectivity index (χ2v) is 6.08. The maximum Gasteiger partial charge on any atom is 0.349 e. The van der Waals surface area contributed by atoms with Crippen LogP contribution in [0.4, 0.5) is 0 Å². The number of ether oxygens (including phenoxy) is 1. The molecule has 0 saturated heterocycles. The molecule has 0 aliphatic carbocycles. The van der Waals surface area contributed by atoms with E-state index in [2.05, 4.69) is 26.1 Å². The normalized spacial score (nSPS) is 11.2. The molecule has 4 rings (SSSR count). The molecule has 0 unspecified atom stereocenters. The SMILES string of the molecule is COc1ccc(-n2c(=O)c3cc(Br)ccc3n3c(=O)[nH]nc23)cc1. The Hall–Kier alpha value is -2.87. The minimum absolute atomic E-state index is 0.227. The summed E-state index contributed by atoms with van der Waals surface area (Å²) in [6.45, 7) is 0. The highest BCUT2D eigenvalue weighted by Gasteiger charge is 2.16. The second kappa shape index (κ2) is 5.34. The van der Waals surface area contributed by atoms with E-state index in [1.807, 2.05) is 0 Å². The third-order valence-corrected chi connectivity index (χ3v) is 4.31. The Morgan fingerprint density at radius 1 is 1.12 bits per heavy atom. The number of nitrogens with one attached hydrogen (secondary N) is 1. The van der Waals surface area contributed by atoms with Gasteiger partial charge in [0, 0.05) is 4.47 Å². The van der Waals surface area contributed by atoms with E-state index < -0.39 is 5.69 Å². The van der Waals surface area contributed by atoms with E-state index in [0.717, 1.165) is 4.47 Å². The minimum Gasteiger partial charge on any atom is -0.497 e. The lowest BCUT2D eigenvalue weighted by molar-refractivity contribution is 0.414. The molecule has 0 amide bonds. The molecule has 1 N–H and O–H groups in total. The molecule has 7 nitrogen and oxygen atoms in total. The van der Waals surface area contributed by atoms with E-state index in [-0.39, 0.29) is 11.3 Å². The van der Waals surface area contributed by atoms with E-state index in [1.54, 1.807) is 49.6 Å². The van der Waals surface area contributed by atoms with Crippen molar-refractivity contribution < 1.29 is 4.74 Å². The van der Waals surface area contributed by atoms with E-state index in [1.165, 1.54) is 8.97 Å². The van der Waals surface area contributed by atoms with Gasteiger partial charge in [0.1, 0.15) is 5.75 Å². The molecule has 0 fully saturated rings. The third kappa shape index (κ3) is 2.07. The van der Waals surface area contributed by atoms with Crippen LogP contribution in [0.25, 0.3) is 22.4 Å². The number of hydrogen-bond acceptors (Lipinski definition) is 4. The summed E-state index contributed by atoms with van der Waals surface area (Å²) in [7, 11) is 1.57. The number of nitrogens with zero attached hydrogens (tertiary/aromatic N) is 3. The molecule has 0 radical (unpaired) electrons. The number of aromatic nitrogens is 4. The zero-order chi connectivity index (χ0) is 16.8. The van der Waals surface area contributed by atoms with Crippen molar-refractivity contribution in [2.24, 2.45) is 0 Å². The molecule has 24 heavy (non-hydrogen) atoms. The highest BCUT2D eigenvalue weighted by molar-refractivity contribution is 9.10. The third-order valence-electron chi connectivity index (χ3n) is 3.82. The van der Waals surface area contributed by atoms with Crippen LogP contribution in [0, 0.1) is 0 Å². The van der Waals surface area contributed by atoms with Crippen LogP contribution in [0.5, 0.6) is 5.75 Å². The molecule has 2 aromatic carbocycles. The first-order chi connectivity index (χ1) is 11.6. The Morgan fingerprint density at radius 2 is 1.88 bits per heavy atom. The fraction of sp³-hybridized carbons (Fsp3) is 0.0625. The summed E-state index contributed by atoms with van der Waals surface area (Å²) >= 11 is 3.36. The maximum atomic E-state index is 13.0. The summed E-state index contributed by atoms with van der Waals surface area (Å²) in [5, 5.41) is 6.83. The van der Waals surface area contributed by atoms with Gasteiger partial charge >= 0.3 is 5.69 Å². The van der Waals surface area contributed by atoms with Gasteiger partial charge in [-0.25, -0.2) is 18.9 Å². The van der Waals surface area contributed by atoms with Gasteiger partial charge in [-0.05, 0) is 42.5 Å². The average molecular weight is 387 g/mol. The van der Waals surface area contributed by atoms with Crippen molar-refractivity contribution in [2.45, 2.75) is 0 Å². The quantitative estimate of drug-likeness (QED) is 0.571. The zero-order valence-corrected chi connectivity index (χ0v) is 14.1. The highest BCUT2D eigenvalue weighted by Crippen LogP contribution is 2.20. The van der Waals surface area contributed by atoms with Gasteiger partial charge in [-0.3, -0.25) is 4.79 Å². The largest absolute Gasteiger partial charge is 0.497 e. The number of H-pyrrole nitrogens is 1. The molecule has 2 aromatic heterocycles. The molecule has 120 valence electrons. The van der Waals surface area contributed by atoms with Gasteiger partial charge < -0.3 is 4.74 Å². The van der Waals surface area contributed by atoms with Crippen LogP contribution in [-0.2, 0) is 0 Å². The van der Waals surface area contributed by atoms with Crippen LogP contribution >= 0.6 is 15.9 Å². The minimum atomic E-state index is -0.403. The summed E-state index contributed by atoms with van der Waals surface area (Å²) in [6, 6.07) is 12.1. The number of fused-ring (bicyclic) bond motifs is 3. The molecule has 0 aliphatic rings. The predicted octanol–water partition coefficient (Wildman–Crippen LogP) is 2.10. The molecule has 4 aromatic rings. The Balaban J connectivity index is 2.19. The van der Waals surface area contributed by atoms with Gasteiger partial charge in [-0.1, -0.05) is 15.9 Å². The van der Waals surface area contributed by atoms with Crippen molar-refractivity contribution in [3.63, 3.8) is 0 Å². The number of aromatic amines is 1. The lowest BCUT2D eigenvalue weighted by Gasteiger charge is -2.10. The molecule has 0 bridgehead atoms. The van der Waals surface area contributed by atoms with Crippen molar-refractivity contribution in [3.8, 4) is 11.4 Å². The predicted molar refractivity (Wildman–Crippen MR) is 93.2 cm³/mol. The smallest absolute Gasteiger partial charge is 0.349 e. The molecule has 2 heterocycles. The number of hydrogen-bond donors (Lipinski definition) is 1. The van der Waals surface area contributed by atoms with Crippen molar-refractivity contribution in [1.29, 1.82) is 0 Å². The van der Waals surface area contributed by atoms with E-state index in [4.69, 9.17) is 4.74 Å². The summed E-state index contributed by atoms with van der Waals surface area (Å²) in [6.07, 6.45) is 0. The zero-order valence-electron chi connectivity index (χ0n) is 12.5. The first-order valence-corrected chi connectivity index (χ1v) is 7.85. The average Bonchev–Trinajstić information content (AvgIpc) is 2.97. The maximum absolute atomic E-state index is 13.0. The van der Waals surface area contributed by atoms with E-state index >= 15 is 0 Å². The van der Waals surface area contributed by atoms with E-state index in [9.17, 15) is 9.59 Å². The number of benzene rings is 2. The van der Waals surface area contributed by atoms with Crippen LogP contribution in [0.15, 0.2) is 56.5 Å². The van der Waals surface area contributed by atoms with Crippen molar-refractivity contribution >= 4 is 32.6 Å². The Bertz CT molecular complexity index is 1190. The van der Waals surface area contributed by atoms with Gasteiger partial charge in [0.15, 0.2) is 0 Å². The van der Waals surface area contributed by atoms with Gasteiger partial charge in [0.25, 0.3) is 5.56 Å². The van der Waals surface area contributed by atoms with Crippen molar-refractivity contribution in [3.05, 3.63) is 67.8 Å². The van der Waals surface area contributed by atoms with Crippen molar-refractivity contribution in [2.75, 3.05) is 7.11 Å². The number of methoxy groups -OCH3 is 1. The Morgan fingerprint density at radius 3 is 2.58 bits per heavy atom.